The van der Waals surface area contributed by atoms with Crippen LogP contribution in [0, 0.1) is 11.3 Å². The van der Waals surface area contributed by atoms with Crippen LogP contribution in [0.1, 0.15) is 13.8 Å². The zero-order valence-electron chi connectivity index (χ0n) is 11.5. The number of methoxy groups -OCH3 is 1. The Labute approximate surface area is 109 Å². The molecule has 4 heteroatoms. The maximum atomic E-state index is 9.13. The molecule has 4 nitrogen and oxygen atoms in total. The first-order valence-corrected chi connectivity index (χ1v) is 6.08. The van der Waals surface area contributed by atoms with Crippen LogP contribution in [0.4, 0.5) is 5.69 Å². The Hall–Kier alpha value is -1.73. The number of anilines is 1. The molecule has 0 spiro atoms. The first-order chi connectivity index (χ1) is 8.58. The quantitative estimate of drug-likeness (QED) is 0.835. The average molecular weight is 247 g/mol. The number of nitrogens with one attached hydrogen (secondary N) is 1. The summed E-state index contributed by atoms with van der Waals surface area (Å²) in [6, 6.07) is 10.2. The molecule has 1 unspecified atom stereocenters. The zero-order chi connectivity index (χ0) is 13.5. The van der Waals surface area contributed by atoms with Gasteiger partial charge in [-0.1, -0.05) is 12.1 Å². The highest BCUT2D eigenvalue weighted by atomic mass is 16.5. The summed E-state index contributed by atoms with van der Waals surface area (Å²) in [4.78, 5) is 2.03. The number of rotatable bonds is 6. The van der Waals surface area contributed by atoms with E-state index in [0.717, 1.165) is 11.4 Å². The number of benzene rings is 1. The van der Waals surface area contributed by atoms with Crippen molar-refractivity contribution in [2.45, 2.75) is 25.9 Å². The van der Waals surface area contributed by atoms with E-state index in [0.29, 0.717) is 12.6 Å². The number of hydrogen-bond acceptors (Lipinski definition) is 4. The molecule has 0 aromatic heterocycles. The van der Waals surface area contributed by atoms with E-state index >= 15 is 0 Å². The molecule has 0 fully saturated rings. The zero-order valence-corrected chi connectivity index (χ0v) is 11.5. The Balaban J connectivity index is 2.75. The van der Waals surface area contributed by atoms with Gasteiger partial charge in [0.25, 0.3) is 0 Å². The van der Waals surface area contributed by atoms with Gasteiger partial charge in [0.1, 0.15) is 11.8 Å². The lowest BCUT2D eigenvalue weighted by atomic mass is 10.2. The Kier molecular flexibility index (Phi) is 5.47. The van der Waals surface area contributed by atoms with E-state index in [-0.39, 0.29) is 6.04 Å². The molecule has 0 amide bonds. The second kappa shape index (κ2) is 6.87. The maximum absolute atomic E-state index is 9.13. The molecule has 0 saturated heterocycles. The van der Waals surface area contributed by atoms with Crippen LogP contribution >= 0.6 is 0 Å². The average Bonchev–Trinajstić information content (AvgIpc) is 2.37. The predicted molar refractivity (Wildman–Crippen MR) is 73.9 cm³/mol. The van der Waals surface area contributed by atoms with Gasteiger partial charge in [0.2, 0.25) is 0 Å². The highest BCUT2D eigenvalue weighted by Crippen LogP contribution is 2.26. The van der Waals surface area contributed by atoms with Crippen molar-refractivity contribution in [1.29, 1.82) is 5.26 Å². The third kappa shape index (κ3) is 3.94. The molecule has 1 aromatic carbocycles. The van der Waals surface area contributed by atoms with Crippen LogP contribution in [0.15, 0.2) is 24.3 Å². The second-order valence-corrected chi connectivity index (χ2v) is 4.56. The Morgan fingerprint density at radius 2 is 2.06 bits per heavy atom. The third-order valence-corrected chi connectivity index (χ3v) is 2.64. The van der Waals surface area contributed by atoms with Crippen LogP contribution < -0.4 is 15.0 Å². The van der Waals surface area contributed by atoms with Crippen LogP contribution in [0.25, 0.3) is 0 Å². The molecule has 0 aliphatic rings. The smallest absolute Gasteiger partial charge is 0.142 e. The highest BCUT2D eigenvalue weighted by Gasteiger charge is 2.14. The van der Waals surface area contributed by atoms with Crippen molar-refractivity contribution < 1.29 is 4.74 Å². The van der Waals surface area contributed by atoms with Crippen molar-refractivity contribution in [2.75, 3.05) is 25.6 Å². The highest BCUT2D eigenvalue weighted by molar-refractivity contribution is 5.58. The van der Waals surface area contributed by atoms with Gasteiger partial charge in [0, 0.05) is 19.6 Å². The third-order valence-electron chi connectivity index (χ3n) is 2.64. The second-order valence-electron chi connectivity index (χ2n) is 4.56. The molecular formula is C14H21N3O. The van der Waals surface area contributed by atoms with Gasteiger partial charge in [-0.3, -0.25) is 5.32 Å². The van der Waals surface area contributed by atoms with Crippen LogP contribution in [-0.2, 0) is 0 Å². The van der Waals surface area contributed by atoms with Gasteiger partial charge in [-0.15, -0.1) is 0 Å². The van der Waals surface area contributed by atoms with Gasteiger partial charge >= 0.3 is 0 Å². The van der Waals surface area contributed by atoms with Gasteiger partial charge in [-0.2, -0.15) is 5.26 Å². The van der Waals surface area contributed by atoms with Crippen LogP contribution in [0.2, 0.25) is 0 Å². The van der Waals surface area contributed by atoms with Gasteiger partial charge in [-0.25, -0.2) is 0 Å². The lowest BCUT2D eigenvalue weighted by Gasteiger charge is -2.25. The summed E-state index contributed by atoms with van der Waals surface area (Å²) < 4.78 is 5.32. The standard InChI is InChI=1S/C14H21N3O/c1-11(2)16-12(9-15)10-17(3)13-7-5-6-8-14(13)18-4/h5-8,11-12,16H,10H2,1-4H3. The summed E-state index contributed by atoms with van der Waals surface area (Å²) in [5.74, 6) is 0.821. The van der Waals surface area contributed by atoms with Gasteiger partial charge in [0.05, 0.1) is 18.9 Å². The number of hydrogen-bond donors (Lipinski definition) is 1. The molecule has 18 heavy (non-hydrogen) atoms. The lowest BCUT2D eigenvalue weighted by Crippen LogP contribution is -2.42. The van der Waals surface area contributed by atoms with E-state index in [1.807, 2.05) is 50.1 Å². The van der Waals surface area contributed by atoms with E-state index in [1.54, 1.807) is 7.11 Å². The van der Waals surface area contributed by atoms with Crippen LogP contribution in [-0.4, -0.2) is 32.8 Å². The fourth-order valence-corrected chi connectivity index (χ4v) is 1.85. The van der Waals surface area contributed by atoms with E-state index in [9.17, 15) is 0 Å². The largest absolute Gasteiger partial charge is 0.495 e. The summed E-state index contributed by atoms with van der Waals surface area (Å²) in [6.07, 6.45) is 0. The summed E-state index contributed by atoms with van der Waals surface area (Å²) in [6.45, 7) is 4.69. The molecule has 1 aromatic rings. The Morgan fingerprint density at radius 3 is 2.61 bits per heavy atom. The monoisotopic (exact) mass is 247 g/mol. The molecule has 0 radical (unpaired) electrons. The summed E-state index contributed by atoms with van der Waals surface area (Å²) in [5, 5.41) is 12.4. The first kappa shape index (κ1) is 14.3. The Bertz CT molecular complexity index is 412. The molecular weight excluding hydrogens is 226 g/mol. The lowest BCUT2D eigenvalue weighted by molar-refractivity contribution is 0.414. The number of ether oxygens (including phenoxy) is 1. The molecule has 0 bridgehead atoms. The first-order valence-electron chi connectivity index (χ1n) is 6.08. The summed E-state index contributed by atoms with van der Waals surface area (Å²) >= 11 is 0. The normalized spacial score (nSPS) is 12.0. The number of nitrogens with zero attached hydrogens (tertiary/aromatic N) is 2. The minimum absolute atomic E-state index is 0.195. The fraction of sp³-hybridized carbons (Fsp3) is 0.500. The van der Waals surface area contributed by atoms with Gasteiger partial charge in [0.15, 0.2) is 0 Å². The van der Waals surface area contributed by atoms with Crippen molar-refractivity contribution in [2.24, 2.45) is 0 Å². The van der Waals surface area contributed by atoms with Crippen molar-refractivity contribution >= 4 is 5.69 Å². The van der Waals surface area contributed by atoms with Crippen molar-refractivity contribution in [1.82, 2.24) is 5.32 Å². The minimum atomic E-state index is -0.195. The molecule has 1 N–H and O–H groups in total. The fourth-order valence-electron chi connectivity index (χ4n) is 1.85. The molecule has 0 heterocycles. The number of likely N-dealkylation sites (N-methyl/N-ethyl adjacent to an activating group) is 1. The predicted octanol–water partition coefficient (Wildman–Crippen LogP) is 2.02. The molecule has 0 aliphatic carbocycles. The van der Waals surface area contributed by atoms with E-state index in [2.05, 4.69) is 11.4 Å². The maximum Gasteiger partial charge on any atom is 0.142 e. The molecule has 0 saturated carbocycles. The van der Waals surface area contributed by atoms with Crippen molar-refractivity contribution in [3.63, 3.8) is 0 Å². The van der Waals surface area contributed by atoms with E-state index in [4.69, 9.17) is 10.00 Å². The summed E-state index contributed by atoms with van der Waals surface area (Å²) in [7, 11) is 3.62. The van der Waals surface area contributed by atoms with Crippen molar-refractivity contribution in [3.05, 3.63) is 24.3 Å². The molecule has 1 rings (SSSR count). The number of para-hydroxylation sites is 2. The minimum Gasteiger partial charge on any atom is -0.495 e. The van der Waals surface area contributed by atoms with Gasteiger partial charge < -0.3 is 9.64 Å². The van der Waals surface area contributed by atoms with Crippen molar-refractivity contribution in [3.8, 4) is 11.8 Å². The van der Waals surface area contributed by atoms with E-state index < -0.39 is 0 Å². The Morgan fingerprint density at radius 1 is 1.39 bits per heavy atom. The molecule has 98 valence electrons. The molecule has 1 atom stereocenters. The molecule has 0 aliphatic heterocycles. The van der Waals surface area contributed by atoms with Crippen LogP contribution in [0.3, 0.4) is 0 Å². The number of nitriles is 1. The summed E-state index contributed by atoms with van der Waals surface area (Å²) in [5.41, 5.74) is 0.991. The van der Waals surface area contributed by atoms with E-state index in [1.165, 1.54) is 0 Å². The topological polar surface area (TPSA) is 48.3 Å². The van der Waals surface area contributed by atoms with Crippen LogP contribution in [0.5, 0.6) is 5.75 Å². The van der Waals surface area contributed by atoms with Gasteiger partial charge in [-0.05, 0) is 26.0 Å². The SMILES string of the molecule is COc1ccccc1N(C)CC(C#N)NC(C)C.